The second kappa shape index (κ2) is 13.0. The van der Waals surface area contributed by atoms with Gasteiger partial charge in [-0.05, 0) is 60.3 Å². The maximum absolute atomic E-state index is 14.1. The molecule has 2 aliphatic carbocycles. The molecule has 0 radical (unpaired) electrons. The maximum atomic E-state index is 14.1. The first-order valence-corrected chi connectivity index (χ1v) is 15.1. The SMILES string of the molecule is CN(C(=O)C(C1CCCC1)N(C)C(=O)OCC1c2ccccc2-c2ccccc21)C(CC(=O)O)C(=O)N1CCCCC1. The molecule has 2 fully saturated rings. The van der Waals surface area contributed by atoms with Gasteiger partial charge >= 0.3 is 12.1 Å². The van der Waals surface area contributed by atoms with Gasteiger partial charge in [0.25, 0.3) is 0 Å². The molecule has 1 aliphatic heterocycles. The molecule has 1 N–H and O–H groups in total. The lowest BCUT2D eigenvalue weighted by molar-refractivity contribution is -0.152. The van der Waals surface area contributed by atoms with Gasteiger partial charge in [-0.2, -0.15) is 0 Å². The monoisotopic (exact) mass is 575 g/mol. The molecule has 0 spiro atoms. The van der Waals surface area contributed by atoms with Crippen LogP contribution in [0.4, 0.5) is 4.79 Å². The van der Waals surface area contributed by atoms with Crippen LogP contribution in [0, 0.1) is 5.92 Å². The number of rotatable bonds is 9. The summed E-state index contributed by atoms with van der Waals surface area (Å²) >= 11 is 0. The van der Waals surface area contributed by atoms with Crippen LogP contribution < -0.4 is 0 Å². The molecule has 42 heavy (non-hydrogen) atoms. The number of amides is 3. The first-order chi connectivity index (χ1) is 20.3. The van der Waals surface area contributed by atoms with Crippen LogP contribution in [0.15, 0.2) is 48.5 Å². The van der Waals surface area contributed by atoms with E-state index in [1.165, 1.54) is 16.8 Å². The number of carboxylic acid groups (broad SMARTS) is 1. The third-order valence-electron chi connectivity index (χ3n) is 9.28. The molecule has 2 atom stereocenters. The number of hydrogen-bond donors (Lipinski definition) is 1. The van der Waals surface area contributed by atoms with Crippen LogP contribution in [-0.4, -0.2) is 89.6 Å². The van der Waals surface area contributed by atoms with Gasteiger partial charge in [0.05, 0.1) is 6.42 Å². The zero-order chi connectivity index (χ0) is 29.8. The number of carbonyl (C=O) groups is 4. The van der Waals surface area contributed by atoms with E-state index < -0.39 is 36.5 Å². The van der Waals surface area contributed by atoms with Crippen molar-refractivity contribution in [3.8, 4) is 11.1 Å². The van der Waals surface area contributed by atoms with Gasteiger partial charge in [-0.3, -0.25) is 19.3 Å². The number of ether oxygens (including phenoxy) is 1. The number of benzene rings is 2. The average Bonchev–Trinajstić information content (AvgIpc) is 3.65. The van der Waals surface area contributed by atoms with Crippen LogP contribution in [0.3, 0.4) is 0 Å². The van der Waals surface area contributed by atoms with Crippen molar-refractivity contribution in [2.75, 3.05) is 33.8 Å². The molecule has 2 aromatic rings. The van der Waals surface area contributed by atoms with Crippen molar-refractivity contribution in [1.82, 2.24) is 14.7 Å². The Hall–Kier alpha value is -3.88. The van der Waals surface area contributed by atoms with Crippen LogP contribution in [0.5, 0.6) is 0 Å². The quantitative estimate of drug-likeness (QED) is 0.463. The molecule has 1 saturated carbocycles. The topological polar surface area (TPSA) is 107 Å². The van der Waals surface area contributed by atoms with E-state index in [0.29, 0.717) is 13.1 Å². The number of fused-ring (bicyclic) bond motifs is 3. The summed E-state index contributed by atoms with van der Waals surface area (Å²) in [7, 11) is 3.07. The Bertz CT molecular complexity index is 1270. The normalized spacial score (nSPS) is 18.1. The highest BCUT2D eigenvalue weighted by Crippen LogP contribution is 2.44. The lowest BCUT2D eigenvalue weighted by Gasteiger charge is -2.38. The van der Waals surface area contributed by atoms with Crippen molar-refractivity contribution in [3.05, 3.63) is 59.7 Å². The molecule has 2 aromatic carbocycles. The van der Waals surface area contributed by atoms with Crippen LogP contribution in [0.25, 0.3) is 11.1 Å². The van der Waals surface area contributed by atoms with E-state index in [1.54, 1.807) is 11.9 Å². The Morgan fingerprint density at radius 1 is 0.857 bits per heavy atom. The maximum Gasteiger partial charge on any atom is 0.410 e. The van der Waals surface area contributed by atoms with E-state index in [9.17, 15) is 24.3 Å². The lowest BCUT2D eigenvalue weighted by atomic mass is 9.94. The molecule has 224 valence electrons. The molecule has 1 saturated heterocycles. The third kappa shape index (κ3) is 6.01. The number of piperidine rings is 1. The smallest absolute Gasteiger partial charge is 0.410 e. The Labute approximate surface area is 247 Å². The summed E-state index contributed by atoms with van der Waals surface area (Å²) in [6.07, 6.45) is 5.10. The van der Waals surface area contributed by atoms with Crippen LogP contribution in [-0.2, 0) is 19.1 Å². The predicted octanol–water partition coefficient (Wildman–Crippen LogP) is 4.74. The number of likely N-dealkylation sites (N-methyl/N-ethyl adjacent to an activating group) is 2. The van der Waals surface area contributed by atoms with Gasteiger partial charge in [0, 0.05) is 33.1 Å². The van der Waals surface area contributed by atoms with Gasteiger partial charge in [-0.1, -0.05) is 61.4 Å². The summed E-state index contributed by atoms with van der Waals surface area (Å²) in [6.45, 7) is 1.25. The number of likely N-dealkylation sites (tertiary alicyclic amines) is 1. The number of hydrogen-bond acceptors (Lipinski definition) is 5. The Morgan fingerprint density at radius 2 is 1.43 bits per heavy atom. The second-order valence-electron chi connectivity index (χ2n) is 11.9. The molecular formula is C33H41N3O6. The Balaban J connectivity index is 1.33. The standard InChI is InChI=1S/C33H41N3O6/c1-34(28(20-29(37)38)31(39)36-18-10-3-11-19-36)32(40)30(22-12-4-5-13-22)35(2)33(41)42-21-27-25-16-8-6-14-23(25)24-15-7-9-17-26(24)27/h6-9,14-17,22,27-28,30H,3-5,10-13,18-21H2,1-2H3,(H,37,38). The fourth-order valence-corrected chi connectivity index (χ4v) is 7.01. The summed E-state index contributed by atoms with van der Waals surface area (Å²) in [5.41, 5.74) is 4.46. The van der Waals surface area contributed by atoms with E-state index in [0.717, 1.165) is 67.2 Å². The van der Waals surface area contributed by atoms with Crippen molar-refractivity contribution in [2.45, 2.75) is 69.4 Å². The molecule has 1 heterocycles. The number of carboxylic acids is 1. The molecular weight excluding hydrogens is 534 g/mol. The first kappa shape index (κ1) is 29.6. The first-order valence-electron chi connectivity index (χ1n) is 15.1. The fraction of sp³-hybridized carbons (Fsp3) is 0.515. The third-order valence-corrected chi connectivity index (χ3v) is 9.28. The number of carbonyl (C=O) groups excluding carboxylic acids is 3. The van der Waals surface area contributed by atoms with Gasteiger partial charge in [-0.25, -0.2) is 4.79 Å². The van der Waals surface area contributed by atoms with Gasteiger partial charge < -0.3 is 19.6 Å². The molecule has 3 amide bonds. The van der Waals surface area contributed by atoms with E-state index in [-0.39, 0.29) is 24.3 Å². The second-order valence-corrected chi connectivity index (χ2v) is 11.9. The zero-order valence-electron chi connectivity index (χ0n) is 24.5. The van der Waals surface area contributed by atoms with E-state index in [1.807, 2.05) is 24.3 Å². The highest BCUT2D eigenvalue weighted by atomic mass is 16.6. The average molecular weight is 576 g/mol. The number of aliphatic carboxylic acids is 1. The summed E-state index contributed by atoms with van der Waals surface area (Å²) in [6, 6.07) is 14.2. The largest absolute Gasteiger partial charge is 0.481 e. The molecule has 9 nitrogen and oxygen atoms in total. The van der Waals surface area contributed by atoms with Crippen molar-refractivity contribution >= 4 is 23.9 Å². The molecule has 2 unspecified atom stereocenters. The molecule has 0 aromatic heterocycles. The van der Waals surface area contributed by atoms with Gasteiger partial charge in [0.15, 0.2) is 0 Å². The van der Waals surface area contributed by atoms with E-state index >= 15 is 0 Å². The Kier molecular flexibility index (Phi) is 9.14. The fourth-order valence-electron chi connectivity index (χ4n) is 7.01. The summed E-state index contributed by atoms with van der Waals surface area (Å²) in [5.74, 6) is -2.12. The van der Waals surface area contributed by atoms with Crippen molar-refractivity contribution in [3.63, 3.8) is 0 Å². The Morgan fingerprint density at radius 3 is 2.00 bits per heavy atom. The van der Waals surface area contributed by atoms with Crippen LogP contribution in [0.1, 0.15) is 68.4 Å². The molecule has 3 aliphatic rings. The van der Waals surface area contributed by atoms with Crippen LogP contribution >= 0.6 is 0 Å². The number of nitrogens with zero attached hydrogens (tertiary/aromatic N) is 3. The summed E-state index contributed by atoms with van der Waals surface area (Å²) in [5, 5.41) is 9.63. The van der Waals surface area contributed by atoms with Crippen molar-refractivity contribution < 1.29 is 29.0 Å². The molecule has 0 bridgehead atoms. The lowest BCUT2D eigenvalue weighted by Crippen LogP contribution is -2.58. The molecule has 5 rings (SSSR count). The van der Waals surface area contributed by atoms with Crippen LogP contribution in [0.2, 0.25) is 0 Å². The molecule has 9 heteroatoms. The minimum absolute atomic E-state index is 0.0963. The minimum atomic E-state index is -1.15. The van der Waals surface area contributed by atoms with E-state index in [4.69, 9.17) is 4.74 Å². The van der Waals surface area contributed by atoms with Gasteiger partial charge in [0.1, 0.15) is 18.7 Å². The summed E-state index contributed by atoms with van der Waals surface area (Å²) < 4.78 is 5.89. The van der Waals surface area contributed by atoms with E-state index in [2.05, 4.69) is 24.3 Å². The highest BCUT2D eigenvalue weighted by molar-refractivity contribution is 5.93. The van der Waals surface area contributed by atoms with Gasteiger partial charge in [-0.15, -0.1) is 0 Å². The summed E-state index contributed by atoms with van der Waals surface area (Å²) in [4.78, 5) is 57.2. The van der Waals surface area contributed by atoms with Crippen molar-refractivity contribution in [1.29, 1.82) is 0 Å². The van der Waals surface area contributed by atoms with Gasteiger partial charge in [0.2, 0.25) is 11.8 Å². The minimum Gasteiger partial charge on any atom is -0.481 e. The zero-order valence-corrected chi connectivity index (χ0v) is 24.5. The highest BCUT2D eigenvalue weighted by Gasteiger charge is 2.42. The predicted molar refractivity (Wildman–Crippen MR) is 158 cm³/mol. The van der Waals surface area contributed by atoms with Crippen molar-refractivity contribution in [2.24, 2.45) is 5.92 Å².